The maximum Gasteiger partial charge on any atom is 0.243 e. The number of benzene rings is 2. The lowest BCUT2D eigenvalue weighted by molar-refractivity contribution is -0.121. The summed E-state index contributed by atoms with van der Waals surface area (Å²) in [5, 5.41) is 0. The van der Waals surface area contributed by atoms with Gasteiger partial charge in [0, 0.05) is 25.9 Å². The zero-order chi connectivity index (χ0) is 24.7. The van der Waals surface area contributed by atoms with E-state index >= 15 is 0 Å². The van der Waals surface area contributed by atoms with Crippen LogP contribution in [0.25, 0.3) is 0 Å². The number of nitrogens with zero attached hydrogens (tertiary/aromatic N) is 2. The summed E-state index contributed by atoms with van der Waals surface area (Å²) in [6.07, 6.45) is 4.00. The van der Waals surface area contributed by atoms with E-state index < -0.39 is 10.0 Å². The Morgan fingerprint density at radius 2 is 1.59 bits per heavy atom. The number of sulfonamides is 1. The molecule has 0 amide bonds. The number of aryl methyl sites for hydroxylation is 1. The molecule has 0 unspecified atom stereocenters. The van der Waals surface area contributed by atoms with Crippen LogP contribution in [0.15, 0.2) is 47.4 Å². The highest BCUT2D eigenvalue weighted by atomic mass is 32.2. The first kappa shape index (κ1) is 26.2. The van der Waals surface area contributed by atoms with Crippen molar-refractivity contribution in [3.8, 4) is 0 Å². The Labute approximate surface area is 201 Å². The molecular formula is C26H33FN2O4S. The standard InChI is InChI=1S/C26H33FN2O4S/c1-20-10-11-26(34(32,33)29-12-5-3-4-6-13-29)17-22(20)16-25(31)19-28(2)18-24(30)15-21-8-7-9-23(27)14-21/h7-11,14,17H,3-6,12-13,15-16,18-19H2,1-2H3. The van der Waals surface area contributed by atoms with Crippen LogP contribution >= 0.6 is 0 Å². The van der Waals surface area contributed by atoms with Crippen LogP contribution in [0.2, 0.25) is 0 Å². The highest BCUT2D eigenvalue weighted by molar-refractivity contribution is 7.89. The minimum atomic E-state index is -3.59. The maximum atomic E-state index is 13.3. The summed E-state index contributed by atoms with van der Waals surface area (Å²) in [4.78, 5) is 26.9. The normalized spacial score (nSPS) is 15.3. The van der Waals surface area contributed by atoms with E-state index in [0.717, 1.165) is 31.2 Å². The quantitative estimate of drug-likeness (QED) is 0.511. The highest BCUT2D eigenvalue weighted by Crippen LogP contribution is 2.23. The molecule has 0 N–H and O–H groups in total. The number of hydrogen-bond donors (Lipinski definition) is 0. The van der Waals surface area contributed by atoms with E-state index in [1.807, 2.05) is 6.92 Å². The lowest BCUT2D eigenvalue weighted by Gasteiger charge is -2.21. The molecule has 0 aliphatic carbocycles. The zero-order valence-electron chi connectivity index (χ0n) is 19.9. The van der Waals surface area contributed by atoms with Crippen molar-refractivity contribution >= 4 is 21.6 Å². The van der Waals surface area contributed by atoms with Gasteiger partial charge in [-0.1, -0.05) is 31.0 Å². The molecule has 1 aliphatic rings. The monoisotopic (exact) mass is 488 g/mol. The fraction of sp³-hybridized carbons (Fsp3) is 0.462. The molecular weight excluding hydrogens is 455 g/mol. The summed E-state index contributed by atoms with van der Waals surface area (Å²) in [6.45, 7) is 3.05. The van der Waals surface area contributed by atoms with Crippen molar-refractivity contribution < 1.29 is 22.4 Å². The lowest BCUT2D eigenvalue weighted by Crippen LogP contribution is -2.33. The van der Waals surface area contributed by atoms with E-state index in [1.54, 1.807) is 46.6 Å². The van der Waals surface area contributed by atoms with E-state index in [9.17, 15) is 22.4 Å². The Kier molecular flexibility index (Phi) is 9.10. The van der Waals surface area contributed by atoms with Crippen LogP contribution in [0.5, 0.6) is 0 Å². The van der Waals surface area contributed by atoms with E-state index in [1.165, 1.54) is 12.1 Å². The molecule has 0 saturated carbocycles. The number of hydrogen-bond acceptors (Lipinski definition) is 5. The molecule has 1 heterocycles. The summed E-state index contributed by atoms with van der Waals surface area (Å²) in [5.74, 6) is -0.597. The molecule has 0 spiro atoms. The van der Waals surface area contributed by atoms with E-state index in [4.69, 9.17) is 0 Å². The summed E-state index contributed by atoms with van der Waals surface area (Å²) in [6, 6.07) is 10.9. The smallest absolute Gasteiger partial charge is 0.243 e. The van der Waals surface area contributed by atoms with Crippen LogP contribution in [0.4, 0.5) is 4.39 Å². The maximum absolute atomic E-state index is 13.3. The Balaban J connectivity index is 1.60. The van der Waals surface area contributed by atoms with Gasteiger partial charge in [0.1, 0.15) is 5.82 Å². The molecule has 2 aromatic rings. The molecule has 6 nitrogen and oxygen atoms in total. The number of ketones is 2. The fourth-order valence-electron chi connectivity index (χ4n) is 4.29. The minimum Gasteiger partial charge on any atom is -0.298 e. The second-order valence-corrected chi connectivity index (χ2v) is 11.1. The van der Waals surface area contributed by atoms with Crippen LogP contribution in [-0.4, -0.2) is 62.4 Å². The highest BCUT2D eigenvalue weighted by Gasteiger charge is 2.26. The zero-order valence-corrected chi connectivity index (χ0v) is 20.7. The molecule has 0 atom stereocenters. The van der Waals surface area contributed by atoms with Gasteiger partial charge in [0.15, 0.2) is 11.6 Å². The Hall–Kier alpha value is -2.42. The molecule has 8 heteroatoms. The predicted octanol–water partition coefficient (Wildman–Crippen LogP) is 3.55. The van der Waals surface area contributed by atoms with Gasteiger partial charge in [-0.3, -0.25) is 14.5 Å². The summed E-state index contributed by atoms with van der Waals surface area (Å²) >= 11 is 0. The third kappa shape index (κ3) is 7.29. The van der Waals surface area contributed by atoms with Crippen LogP contribution in [0.1, 0.15) is 42.4 Å². The van der Waals surface area contributed by atoms with Crippen molar-refractivity contribution in [3.63, 3.8) is 0 Å². The number of Topliss-reactive ketones (excluding diaryl/α,β-unsaturated/α-hetero) is 2. The molecule has 1 saturated heterocycles. The van der Waals surface area contributed by atoms with Gasteiger partial charge >= 0.3 is 0 Å². The SMILES string of the molecule is Cc1ccc(S(=O)(=O)N2CCCCCC2)cc1CC(=O)CN(C)CC(=O)Cc1cccc(F)c1. The minimum absolute atomic E-state index is 0.0669. The molecule has 0 aromatic heterocycles. The lowest BCUT2D eigenvalue weighted by atomic mass is 10.0. The Morgan fingerprint density at radius 3 is 2.24 bits per heavy atom. The first-order chi connectivity index (χ1) is 16.1. The average molecular weight is 489 g/mol. The van der Waals surface area contributed by atoms with E-state index in [2.05, 4.69) is 0 Å². The number of carbonyl (C=O) groups is 2. The van der Waals surface area contributed by atoms with Gasteiger partial charge in [-0.15, -0.1) is 0 Å². The molecule has 34 heavy (non-hydrogen) atoms. The third-order valence-electron chi connectivity index (χ3n) is 6.09. The second-order valence-electron chi connectivity index (χ2n) is 9.14. The van der Waals surface area contributed by atoms with Crippen LogP contribution < -0.4 is 0 Å². The Morgan fingerprint density at radius 1 is 0.941 bits per heavy atom. The van der Waals surface area contributed by atoms with Gasteiger partial charge in [0.2, 0.25) is 10.0 Å². The molecule has 184 valence electrons. The van der Waals surface area contributed by atoms with Gasteiger partial charge in [0.25, 0.3) is 0 Å². The van der Waals surface area contributed by atoms with Gasteiger partial charge in [-0.2, -0.15) is 4.31 Å². The van der Waals surface area contributed by atoms with Crippen LogP contribution in [0, 0.1) is 12.7 Å². The summed E-state index contributed by atoms with van der Waals surface area (Å²) < 4.78 is 41.1. The van der Waals surface area contributed by atoms with Gasteiger partial charge in [-0.05, 0) is 67.8 Å². The van der Waals surface area contributed by atoms with Crippen LogP contribution in [-0.2, 0) is 32.5 Å². The van der Waals surface area contributed by atoms with Gasteiger partial charge < -0.3 is 0 Å². The Bertz CT molecular complexity index is 1130. The molecule has 1 fully saturated rings. The molecule has 0 bridgehead atoms. The predicted molar refractivity (Wildman–Crippen MR) is 130 cm³/mol. The van der Waals surface area contributed by atoms with Crippen molar-refractivity contribution in [2.45, 2.75) is 50.3 Å². The van der Waals surface area contributed by atoms with Crippen LogP contribution in [0.3, 0.4) is 0 Å². The van der Waals surface area contributed by atoms with Gasteiger partial charge in [-0.25, -0.2) is 12.8 Å². The van der Waals surface area contributed by atoms with Gasteiger partial charge in [0.05, 0.1) is 18.0 Å². The van der Waals surface area contributed by atoms with E-state index in [-0.39, 0.29) is 48.2 Å². The summed E-state index contributed by atoms with van der Waals surface area (Å²) in [7, 11) is -1.90. The molecule has 0 radical (unpaired) electrons. The number of carbonyl (C=O) groups excluding carboxylic acids is 2. The average Bonchev–Trinajstić information content (AvgIpc) is 3.05. The van der Waals surface area contributed by atoms with Crippen molar-refractivity contribution in [1.29, 1.82) is 0 Å². The molecule has 2 aromatic carbocycles. The van der Waals surface area contributed by atoms with Crippen molar-refractivity contribution in [3.05, 3.63) is 65.0 Å². The number of halogens is 1. The number of rotatable bonds is 10. The summed E-state index contributed by atoms with van der Waals surface area (Å²) in [5.41, 5.74) is 2.14. The van der Waals surface area contributed by atoms with E-state index in [0.29, 0.717) is 24.2 Å². The fourth-order valence-corrected chi connectivity index (χ4v) is 5.85. The number of likely N-dealkylation sites (N-methyl/N-ethyl adjacent to an activating group) is 1. The molecule has 3 rings (SSSR count). The van der Waals surface area contributed by atoms with Crippen molar-refractivity contribution in [1.82, 2.24) is 9.21 Å². The molecule has 1 aliphatic heterocycles. The van der Waals surface area contributed by atoms with Crippen molar-refractivity contribution in [2.75, 3.05) is 33.2 Å². The topological polar surface area (TPSA) is 74.8 Å². The largest absolute Gasteiger partial charge is 0.298 e. The van der Waals surface area contributed by atoms with Crippen molar-refractivity contribution in [2.24, 2.45) is 0 Å². The third-order valence-corrected chi connectivity index (χ3v) is 7.99. The first-order valence-electron chi connectivity index (χ1n) is 11.7. The first-order valence-corrected chi connectivity index (χ1v) is 13.2. The second kappa shape index (κ2) is 11.8.